The Bertz CT molecular complexity index is 980. The Hall–Kier alpha value is -2.78. The molecule has 8 heteroatoms. The molecular formula is C25H28N2O6. The lowest BCUT2D eigenvalue weighted by Crippen LogP contribution is -2.60. The number of carbonyl (C=O) groups excluding carboxylic acids is 2. The highest BCUT2D eigenvalue weighted by atomic mass is 16.8. The van der Waals surface area contributed by atoms with Crippen molar-refractivity contribution >= 4 is 11.9 Å². The van der Waals surface area contributed by atoms with Gasteiger partial charge in [-0.1, -0.05) is 60.7 Å². The summed E-state index contributed by atoms with van der Waals surface area (Å²) >= 11 is 0. The van der Waals surface area contributed by atoms with Gasteiger partial charge in [0.15, 0.2) is 12.1 Å². The third-order valence-electron chi connectivity index (χ3n) is 6.14. The molecule has 5 rings (SSSR count). The van der Waals surface area contributed by atoms with Crippen LogP contribution < -0.4 is 5.32 Å². The van der Waals surface area contributed by atoms with E-state index in [1.807, 2.05) is 74.5 Å². The van der Waals surface area contributed by atoms with Gasteiger partial charge < -0.3 is 24.3 Å². The molecule has 1 unspecified atom stereocenters. The summed E-state index contributed by atoms with van der Waals surface area (Å²) in [5, 5.41) is 2.95. The molecule has 0 aromatic heterocycles. The summed E-state index contributed by atoms with van der Waals surface area (Å²) in [6.45, 7) is 4.23. The number of urea groups is 1. The van der Waals surface area contributed by atoms with Crippen molar-refractivity contribution in [3.05, 3.63) is 71.8 Å². The highest BCUT2D eigenvalue weighted by Gasteiger charge is 2.58. The van der Waals surface area contributed by atoms with Crippen LogP contribution in [0.15, 0.2) is 60.7 Å². The smallest absolute Gasteiger partial charge is 0.324 e. The predicted octanol–water partition coefficient (Wildman–Crippen LogP) is 2.96. The van der Waals surface area contributed by atoms with Gasteiger partial charge in [-0.2, -0.15) is 0 Å². The van der Waals surface area contributed by atoms with Gasteiger partial charge in [0.1, 0.15) is 18.3 Å². The minimum atomic E-state index is -0.799. The van der Waals surface area contributed by atoms with Gasteiger partial charge in [-0.05, 0) is 25.0 Å². The van der Waals surface area contributed by atoms with E-state index in [1.165, 1.54) is 4.90 Å². The number of hydrogen-bond acceptors (Lipinski definition) is 6. The largest absolute Gasteiger partial charge is 0.368 e. The van der Waals surface area contributed by atoms with Crippen LogP contribution in [0.5, 0.6) is 0 Å². The standard InChI is InChI=1S/C25H28N2O6/c1-25(2)32-22-21(30-15-17-11-7-4-8-12-17)20(31-23(22)33-25)18-13-19(28)27(24(29)26-18)14-16-9-5-3-6-10-16/h3-12,18,20-23H,13-15H2,1-2H3,(H,26,29)/t18?,20-,21+,22-,23-/m1/s1. The van der Waals surface area contributed by atoms with Gasteiger partial charge in [-0.15, -0.1) is 0 Å². The number of ether oxygens (including phenoxy) is 4. The number of nitrogens with one attached hydrogen (secondary N) is 1. The first-order chi connectivity index (χ1) is 15.9. The third-order valence-corrected chi connectivity index (χ3v) is 6.14. The van der Waals surface area contributed by atoms with Crippen LogP contribution in [0.2, 0.25) is 0 Å². The quantitative estimate of drug-likeness (QED) is 0.725. The van der Waals surface area contributed by atoms with Gasteiger partial charge in [-0.3, -0.25) is 9.69 Å². The van der Waals surface area contributed by atoms with Crippen molar-refractivity contribution in [3.63, 3.8) is 0 Å². The van der Waals surface area contributed by atoms with E-state index in [0.29, 0.717) is 6.61 Å². The second kappa shape index (κ2) is 8.87. The first kappa shape index (κ1) is 22.0. The highest BCUT2D eigenvalue weighted by Crippen LogP contribution is 2.40. The van der Waals surface area contributed by atoms with E-state index in [9.17, 15) is 9.59 Å². The molecule has 3 aliphatic heterocycles. The normalized spacial score (nSPS) is 30.8. The maximum absolute atomic E-state index is 12.9. The number of nitrogens with zero attached hydrogens (tertiary/aromatic N) is 1. The Balaban J connectivity index is 1.30. The van der Waals surface area contributed by atoms with E-state index in [1.54, 1.807) is 0 Å². The molecule has 2 aromatic rings. The minimum absolute atomic E-state index is 0.108. The number of imide groups is 1. The fraction of sp³-hybridized carbons (Fsp3) is 0.440. The van der Waals surface area contributed by atoms with Crippen molar-refractivity contribution in [2.75, 3.05) is 0 Å². The number of fused-ring (bicyclic) bond motifs is 1. The third kappa shape index (κ3) is 4.65. The summed E-state index contributed by atoms with van der Waals surface area (Å²) in [5.74, 6) is -1.05. The van der Waals surface area contributed by atoms with Crippen molar-refractivity contribution in [1.82, 2.24) is 10.2 Å². The van der Waals surface area contributed by atoms with Gasteiger partial charge in [-0.25, -0.2) is 4.79 Å². The summed E-state index contributed by atoms with van der Waals surface area (Å²) in [7, 11) is 0. The summed E-state index contributed by atoms with van der Waals surface area (Å²) in [6, 6.07) is 18.2. The van der Waals surface area contributed by atoms with Gasteiger partial charge in [0, 0.05) is 0 Å². The van der Waals surface area contributed by atoms with Gasteiger partial charge in [0.05, 0.1) is 25.6 Å². The number of rotatable bonds is 6. The van der Waals surface area contributed by atoms with Gasteiger partial charge in [0.2, 0.25) is 5.91 Å². The first-order valence-corrected chi connectivity index (χ1v) is 11.2. The molecule has 0 bridgehead atoms. The summed E-state index contributed by atoms with van der Waals surface area (Å²) in [5.41, 5.74) is 1.90. The second-order valence-electron chi connectivity index (χ2n) is 9.06. The summed E-state index contributed by atoms with van der Waals surface area (Å²) in [4.78, 5) is 27.0. The number of benzene rings is 2. The van der Waals surface area contributed by atoms with Crippen molar-refractivity contribution in [1.29, 1.82) is 0 Å². The van der Waals surface area contributed by atoms with E-state index < -0.39 is 42.5 Å². The molecule has 174 valence electrons. The maximum atomic E-state index is 12.9. The van der Waals surface area contributed by atoms with Crippen LogP contribution in [0.25, 0.3) is 0 Å². The zero-order valence-corrected chi connectivity index (χ0v) is 18.7. The lowest BCUT2D eigenvalue weighted by atomic mass is 9.98. The average molecular weight is 453 g/mol. The SMILES string of the molecule is CC1(C)O[C@H]2O[C@H](C3CC(=O)N(Cc4ccccc4)C(=O)N3)[C@H](OCc3ccccc3)[C@H]2O1. The molecule has 3 aliphatic rings. The van der Waals surface area contributed by atoms with Crippen LogP contribution in [0, 0.1) is 0 Å². The molecule has 3 saturated heterocycles. The summed E-state index contributed by atoms with van der Waals surface area (Å²) in [6.07, 6.45) is -2.05. The zero-order valence-electron chi connectivity index (χ0n) is 18.7. The van der Waals surface area contributed by atoms with E-state index in [0.717, 1.165) is 11.1 Å². The molecule has 8 nitrogen and oxygen atoms in total. The van der Waals surface area contributed by atoms with Crippen molar-refractivity contribution in [2.24, 2.45) is 0 Å². The van der Waals surface area contributed by atoms with Crippen LogP contribution in [-0.2, 0) is 36.9 Å². The van der Waals surface area contributed by atoms with Crippen LogP contribution in [0.3, 0.4) is 0 Å². The second-order valence-corrected chi connectivity index (χ2v) is 9.06. The molecule has 5 atom stereocenters. The first-order valence-electron chi connectivity index (χ1n) is 11.2. The van der Waals surface area contributed by atoms with E-state index in [4.69, 9.17) is 18.9 Å². The minimum Gasteiger partial charge on any atom is -0.368 e. The van der Waals surface area contributed by atoms with Crippen molar-refractivity contribution in [3.8, 4) is 0 Å². The topological polar surface area (TPSA) is 86.3 Å². The molecule has 0 aliphatic carbocycles. The number of amides is 3. The molecule has 3 amide bonds. The Morgan fingerprint density at radius 3 is 2.30 bits per heavy atom. The monoisotopic (exact) mass is 452 g/mol. The Morgan fingerprint density at radius 2 is 1.64 bits per heavy atom. The fourth-order valence-electron chi connectivity index (χ4n) is 4.61. The molecule has 0 saturated carbocycles. The van der Waals surface area contributed by atoms with Crippen LogP contribution in [0.1, 0.15) is 31.4 Å². The molecule has 2 aromatic carbocycles. The average Bonchev–Trinajstić information content (AvgIpc) is 3.27. The predicted molar refractivity (Wildman–Crippen MR) is 118 cm³/mol. The van der Waals surface area contributed by atoms with Crippen LogP contribution in [-0.4, -0.2) is 53.3 Å². The van der Waals surface area contributed by atoms with Gasteiger partial charge >= 0.3 is 6.03 Å². The summed E-state index contributed by atoms with van der Waals surface area (Å²) < 4.78 is 24.4. The Morgan fingerprint density at radius 1 is 0.970 bits per heavy atom. The lowest BCUT2D eigenvalue weighted by molar-refractivity contribution is -0.222. The lowest BCUT2D eigenvalue weighted by Gasteiger charge is -2.36. The van der Waals surface area contributed by atoms with Crippen molar-refractivity contribution < 1.29 is 28.5 Å². The van der Waals surface area contributed by atoms with Gasteiger partial charge in [0.25, 0.3) is 0 Å². The molecule has 0 radical (unpaired) electrons. The van der Waals surface area contributed by atoms with E-state index in [-0.39, 0.29) is 18.9 Å². The zero-order chi connectivity index (χ0) is 23.0. The van der Waals surface area contributed by atoms with Crippen LogP contribution >= 0.6 is 0 Å². The number of carbonyl (C=O) groups is 2. The molecule has 33 heavy (non-hydrogen) atoms. The highest BCUT2D eigenvalue weighted by molar-refractivity contribution is 5.97. The Labute approximate surface area is 192 Å². The number of hydrogen-bond donors (Lipinski definition) is 1. The van der Waals surface area contributed by atoms with Crippen LogP contribution in [0.4, 0.5) is 4.79 Å². The Kier molecular flexibility index (Phi) is 5.92. The maximum Gasteiger partial charge on any atom is 0.324 e. The molecular weight excluding hydrogens is 424 g/mol. The van der Waals surface area contributed by atoms with Crippen molar-refractivity contribution in [2.45, 2.75) is 69.9 Å². The molecule has 3 heterocycles. The molecule has 3 fully saturated rings. The van der Waals surface area contributed by atoms with E-state index >= 15 is 0 Å². The fourth-order valence-corrected chi connectivity index (χ4v) is 4.61. The van der Waals surface area contributed by atoms with E-state index in [2.05, 4.69) is 5.32 Å². The molecule has 0 spiro atoms. The molecule has 1 N–H and O–H groups in total.